The van der Waals surface area contributed by atoms with Crippen LogP contribution in [0.5, 0.6) is 0 Å². The molecule has 0 N–H and O–H groups in total. The first-order chi connectivity index (χ1) is 9.16. The number of fused-ring (bicyclic) bond motifs is 1. The van der Waals surface area contributed by atoms with Gasteiger partial charge in [-0.1, -0.05) is 19.3 Å². The largest absolute Gasteiger partial charge is 1.00 e. The van der Waals surface area contributed by atoms with Gasteiger partial charge in [0.05, 0.1) is 11.7 Å². The maximum Gasteiger partial charge on any atom is 1.00 e. The number of thioether (sulfide) groups is 1. The third kappa shape index (κ3) is 3.11. The standard InChI is InChI=1S/C14H19NO3S.Na/c16-12-7-10-6-9(13(14(17)18)15(10)12)8-19-11-4-2-1-3-5-11;/h10-11H,1-8H2,(H,17,18);/q;+1/p-1. The molecule has 1 saturated heterocycles. The fraction of sp³-hybridized carbons (Fsp3) is 0.714. The van der Waals surface area contributed by atoms with Gasteiger partial charge in [-0.15, -0.1) is 0 Å². The van der Waals surface area contributed by atoms with Gasteiger partial charge in [0, 0.05) is 23.5 Å². The summed E-state index contributed by atoms with van der Waals surface area (Å²) in [5.41, 5.74) is 1.08. The third-order valence-electron chi connectivity index (χ3n) is 4.34. The summed E-state index contributed by atoms with van der Waals surface area (Å²) in [6.07, 6.45) is 7.61. The van der Waals surface area contributed by atoms with Crippen LogP contribution in [0.15, 0.2) is 11.3 Å². The molecule has 20 heavy (non-hydrogen) atoms. The maximum atomic E-state index is 11.5. The number of hydrogen-bond donors (Lipinski definition) is 0. The van der Waals surface area contributed by atoms with E-state index in [-0.39, 0.29) is 47.2 Å². The van der Waals surface area contributed by atoms with E-state index in [0.29, 0.717) is 11.7 Å². The van der Waals surface area contributed by atoms with Gasteiger partial charge >= 0.3 is 29.6 Å². The minimum Gasteiger partial charge on any atom is -0.543 e. The van der Waals surface area contributed by atoms with Crippen LogP contribution in [0.1, 0.15) is 44.9 Å². The van der Waals surface area contributed by atoms with Gasteiger partial charge in [0.2, 0.25) is 5.91 Å². The molecule has 0 spiro atoms. The fourth-order valence-electron chi connectivity index (χ4n) is 3.32. The molecular formula is C14H18NNaO3S. The van der Waals surface area contributed by atoms with Crippen molar-refractivity contribution in [1.82, 2.24) is 4.90 Å². The first-order valence-corrected chi connectivity index (χ1v) is 8.08. The van der Waals surface area contributed by atoms with Crippen molar-refractivity contribution in [3.8, 4) is 0 Å². The zero-order valence-corrected chi connectivity index (χ0v) is 14.7. The van der Waals surface area contributed by atoms with Crippen molar-refractivity contribution in [3.05, 3.63) is 11.3 Å². The van der Waals surface area contributed by atoms with Crippen LogP contribution in [-0.2, 0) is 9.59 Å². The Morgan fingerprint density at radius 2 is 1.95 bits per heavy atom. The van der Waals surface area contributed by atoms with Crippen LogP contribution in [0.4, 0.5) is 0 Å². The van der Waals surface area contributed by atoms with Crippen LogP contribution < -0.4 is 34.7 Å². The maximum absolute atomic E-state index is 11.5. The molecule has 1 atom stereocenters. The van der Waals surface area contributed by atoms with Gasteiger partial charge in [0.1, 0.15) is 0 Å². The van der Waals surface area contributed by atoms with Crippen molar-refractivity contribution in [2.24, 2.45) is 0 Å². The quantitative estimate of drug-likeness (QED) is 0.448. The molecule has 2 aliphatic heterocycles. The summed E-state index contributed by atoms with van der Waals surface area (Å²) in [6, 6.07) is 0.0994. The molecule has 0 radical (unpaired) electrons. The van der Waals surface area contributed by atoms with Gasteiger partial charge in [0.25, 0.3) is 0 Å². The SMILES string of the molecule is O=C([O-])C1=C(CSC2CCCCC2)CC2CC(=O)N12.[Na+]. The average Bonchev–Trinajstić information content (AvgIpc) is 2.70. The van der Waals surface area contributed by atoms with E-state index in [4.69, 9.17) is 0 Å². The van der Waals surface area contributed by atoms with Crippen molar-refractivity contribution >= 4 is 23.6 Å². The second kappa shape index (κ2) is 6.86. The summed E-state index contributed by atoms with van der Waals surface area (Å²) < 4.78 is 0. The minimum atomic E-state index is -1.19. The van der Waals surface area contributed by atoms with Gasteiger partial charge in [-0.2, -0.15) is 11.8 Å². The molecule has 0 aromatic heterocycles. The van der Waals surface area contributed by atoms with E-state index in [1.165, 1.54) is 37.0 Å². The van der Waals surface area contributed by atoms with Crippen molar-refractivity contribution in [3.63, 3.8) is 0 Å². The number of carboxylic acid groups (broad SMARTS) is 1. The van der Waals surface area contributed by atoms with E-state index in [9.17, 15) is 14.7 Å². The van der Waals surface area contributed by atoms with Crippen LogP contribution >= 0.6 is 11.8 Å². The third-order valence-corrected chi connectivity index (χ3v) is 5.80. The molecule has 3 rings (SSSR count). The van der Waals surface area contributed by atoms with Crippen molar-refractivity contribution < 1.29 is 44.3 Å². The second-order valence-corrected chi connectivity index (χ2v) is 6.93. The summed E-state index contributed by atoms with van der Waals surface area (Å²) >= 11 is 1.86. The topological polar surface area (TPSA) is 60.4 Å². The number of carbonyl (C=O) groups is 2. The molecule has 1 amide bonds. The molecule has 1 unspecified atom stereocenters. The predicted octanol–water partition coefficient (Wildman–Crippen LogP) is -1.94. The summed E-state index contributed by atoms with van der Waals surface area (Å²) in [4.78, 5) is 24.1. The number of carboxylic acids is 1. The van der Waals surface area contributed by atoms with E-state index in [0.717, 1.165) is 17.7 Å². The Kier molecular flexibility index (Phi) is 5.63. The number of amides is 1. The number of β-lactam (4-membered cyclic amide) rings is 1. The van der Waals surface area contributed by atoms with E-state index in [2.05, 4.69) is 0 Å². The summed E-state index contributed by atoms with van der Waals surface area (Å²) in [5.74, 6) is -0.509. The van der Waals surface area contributed by atoms with E-state index in [1.54, 1.807) is 0 Å². The monoisotopic (exact) mass is 303 g/mol. The molecular weight excluding hydrogens is 285 g/mol. The number of carbonyl (C=O) groups excluding carboxylic acids is 2. The van der Waals surface area contributed by atoms with E-state index < -0.39 is 5.97 Å². The van der Waals surface area contributed by atoms with Gasteiger partial charge < -0.3 is 14.8 Å². The first kappa shape index (κ1) is 16.4. The fourth-order valence-corrected chi connectivity index (χ4v) is 4.68. The van der Waals surface area contributed by atoms with Crippen LogP contribution in [-0.4, -0.2) is 33.8 Å². The Balaban J connectivity index is 0.00000147. The Morgan fingerprint density at radius 1 is 1.25 bits per heavy atom. The van der Waals surface area contributed by atoms with E-state index in [1.807, 2.05) is 11.8 Å². The second-order valence-electron chi connectivity index (χ2n) is 5.64. The molecule has 4 nitrogen and oxygen atoms in total. The van der Waals surface area contributed by atoms with Gasteiger partial charge in [-0.25, -0.2) is 0 Å². The molecule has 0 aromatic carbocycles. The molecule has 3 aliphatic rings. The normalized spacial score (nSPS) is 26.1. The molecule has 0 aromatic rings. The Labute approximate surface area is 145 Å². The van der Waals surface area contributed by atoms with E-state index >= 15 is 0 Å². The van der Waals surface area contributed by atoms with Crippen molar-refractivity contribution in [2.45, 2.75) is 56.2 Å². The summed E-state index contributed by atoms with van der Waals surface area (Å²) in [7, 11) is 0. The zero-order chi connectivity index (χ0) is 13.4. The summed E-state index contributed by atoms with van der Waals surface area (Å²) in [6.45, 7) is 0. The van der Waals surface area contributed by atoms with Gasteiger partial charge in [-0.05, 0) is 24.8 Å². The van der Waals surface area contributed by atoms with Crippen LogP contribution in [0, 0.1) is 0 Å². The molecule has 1 saturated carbocycles. The Morgan fingerprint density at radius 3 is 2.55 bits per heavy atom. The van der Waals surface area contributed by atoms with Crippen molar-refractivity contribution in [1.29, 1.82) is 0 Å². The molecule has 0 bridgehead atoms. The molecule has 2 fully saturated rings. The zero-order valence-electron chi connectivity index (χ0n) is 11.9. The Bertz CT molecular complexity index is 446. The molecule has 6 heteroatoms. The smallest absolute Gasteiger partial charge is 0.543 e. The van der Waals surface area contributed by atoms with Crippen molar-refractivity contribution in [2.75, 3.05) is 5.75 Å². The molecule has 2 heterocycles. The number of nitrogens with zero attached hydrogens (tertiary/aromatic N) is 1. The van der Waals surface area contributed by atoms with Gasteiger partial charge in [-0.3, -0.25) is 4.79 Å². The number of rotatable bonds is 4. The minimum absolute atomic E-state index is 0. The van der Waals surface area contributed by atoms with Crippen LogP contribution in [0.2, 0.25) is 0 Å². The first-order valence-electron chi connectivity index (χ1n) is 7.04. The number of aliphatic carboxylic acids is 1. The van der Waals surface area contributed by atoms with Crippen LogP contribution in [0.25, 0.3) is 0 Å². The predicted molar refractivity (Wildman–Crippen MR) is 71.2 cm³/mol. The van der Waals surface area contributed by atoms with Gasteiger partial charge in [0.15, 0.2) is 0 Å². The molecule has 1 aliphatic carbocycles. The number of hydrogen-bond acceptors (Lipinski definition) is 4. The van der Waals surface area contributed by atoms with Crippen LogP contribution in [0.3, 0.4) is 0 Å². The Hall–Kier alpha value is 0.0300. The average molecular weight is 303 g/mol. The molecule has 104 valence electrons. The summed E-state index contributed by atoms with van der Waals surface area (Å²) in [5, 5.41) is 11.9.